The van der Waals surface area contributed by atoms with Crippen LogP contribution in [0.5, 0.6) is 0 Å². The number of carbonyl (C=O) groups excluding carboxylic acids is 1. The van der Waals surface area contributed by atoms with Crippen molar-refractivity contribution >= 4 is 5.97 Å². The normalized spacial score (nSPS) is 13.2. The van der Waals surface area contributed by atoms with Crippen LogP contribution >= 0.6 is 0 Å². The van der Waals surface area contributed by atoms with Crippen molar-refractivity contribution in [1.29, 1.82) is 0 Å². The summed E-state index contributed by atoms with van der Waals surface area (Å²) in [5, 5.41) is 0. The molecular formula is C13H15F3O2. The monoisotopic (exact) mass is 260 g/mol. The molecule has 5 heteroatoms. The Hall–Kier alpha value is -1.52. The summed E-state index contributed by atoms with van der Waals surface area (Å²) in [6, 6.07) is 3.36. The Kier molecular flexibility index (Phi) is 4.38. The minimum atomic E-state index is -4.36. The topological polar surface area (TPSA) is 26.3 Å². The molecule has 0 saturated heterocycles. The number of halogens is 3. The Balaban J connectivity index is 3.02. The third-order valence-electron chi connectivity index (χ3n) is 2.70. The Labute approximate surface area is 104 Å². The number of ether oxygens (including phenoxy) is 1. The fraction of sp³-hybridized carbons (Fsp3) is 0.462. The van der Waals surface area contributed by atoms with Gasteiger partial charge in [0.15, 0.2) is 0 Å². The molecule has 1 rings (SSSR count). The van der Waals surface area contributed by atoms with E-state index in [9.17, 15) is 18.0 Å². The quantitative estimate of drug-likeness (QED) is 0.775. The zero-order chi connectivity index (χ0) is 13.9. The zero-order valence-electron chi connectivity index (χ0n) is 10.5. The summed E-state index contributed by atoms with van der Waals surface area (Å²) in [4.78, 5) is 11.5. The van der Waals surface area contributed by atoms with Crippen molar-refractivity contribution in [2.24, 2.45) is 0 Å². The summed E-state index contributed by atoms with van der Waals surface area (Å²) in [6.07, 6.45) is -4.36. The molecule has 0 N–H and O–H groups in total. The average Bonchev–Trinajstić information content (AvgIpc) is 2.27. The number of hydrogen-bond acceptors (Lipinski definition) is 2. The Morgan fingerprint density at radius 1 is 1.39 bits per heavy atom. The van der Waals surface area contributed by atoms with Gasteiger partial charge >= 0.3 is 12.1 Å². The Bertz CT molecular complexity index is 438. The minimum Gasteiger partial charge on any atom is -0.466 e. The van der Waals surface area contributed by atoms with Crippen molar-refractivity contribution in [2.75, 3.05) is 6.61 Å². The number of esters is 1. The van der Waals surface area contributed by atoms with Crippen LogP contribution in [0.15, 0.2) is 18.2 Å². The largest absolute Gasteiger partial charge is 0.466 e. The molecule has 0 aromatic heterocycles. The molecule has 1 unspecified atom stereocenters. The first-order valence-electron chi connectivity index (χ1n) is 5.61. The highest BCUT2D eigenvalue weighted by atomic mass is 19.4. The fourth-order valence-corrected chi connectivity index (χ4v) is 1.73. The van der Waals surface area contributed by atoms with Gasteiger partial charge in [-0.2, -0.15) is 13.2 Å². The molecule has 0 saturated carbocycles. The van der Waals surface area contributed by atoms with Crippen molar-refractivity contribution in [1.82, 2.24) is 0 Å². The Morgan fingerprint density at radius 3 is 2.44 bits per heavy atom. The maximum atomic E-state index is 12.5. The van der Waals surface area contributed by atoms with Crippen LogP contribution in [-0.2, 0) is 15.7 Å². The lowest BCUT2D eigenvalue weighted by molar-refractivity contribution is -0.144. The van der Waals surface area contributed by atoms with Gasteiger partial charge in [0.05, 0.1) is 18.1 Å². The molecule has 0 aliphatic rings. The Morgan fingerprint density at radius 2 is 2.00 bits per heavy atom. The molecule has 0 spiro atoms. The molecule has 1 aromatic carbocycles. The van der Waals surface area contributed by atoms with Crippen LogP contribution in [0.4, 0.5) is 13.2 Å². The number of benzene rings is 1. The molecule has 0 amide bonds. The van der Waals surface area contributed by atoms with Crippen LogP contribution in [0.3, 0.4) is 0 Å². The predicted octanol–water partition coefficient (Wildman–Crippen LogP) is 3.68. The van der Waals surface area contributed by atoms with Gasteiger partial charge in [-0.1, -0.05) is 6.07 Å². The van der Waals surface area contributed by atoms with E-state index in [1.165, 1.54) is 6.07 Å². The summed E-state index contributed by atoms with van der Waals surface area (Å²) >= 11 is 0. The van der Waals surface area contributed by atoms with Crippen LogP contribution in [0.2, 0.25) is 0 Å². The SMILES string of the molecule is CCOC(=O)C(C)c1ccc(C(F)(F)F)cc1C. The number of carbonyl (C=O) groups is 1. The van der Waals surface area contributed by atoms with Crippen LogP contribution < -0.4 is 0 Å². The highest BCUT2D eigenvalue weighted by Gasteiger charge is 2.31. The van der Waals surface area contributed by atoms with Crippen LogP contribution in [0.1, 0.15) is 36.5 Å². The number of aryl methyl sites for hydroxylation is 1. The zero-order valence-corrected chi connectivity index (χ0v) is 10.5. The molecule has 0 bridgehead atoms. The molecule has 1 aromatic rings. The van der Waals surface area contributed by atoms with E-state index in [4.69, 9.17) is 4.74 Å². The van der Waals surface area contributed by atoms with E-state index >= 15 is 0 Å². The van der Waals surface area contributed by atoms with Gasteiger partial charge < -0.3 is 4.74 Å². The van der Waals surface area contributed by atoms with E-state index in [1.807, 2.05) is 0 Å². The van der Waals surface area contributed by atoms with Crippen molar-refractivity contribution in [2.45, 2.75) is 32.9 Å². The van der Waals surface area contributed by atoms with Gasteiger partial charge in [-0.15, -0.1) is 0 Å². The third kappa shape index (κ3) is 3.24. The lowest BCUT2D eigenvalue weighted by atomic mass is 9.95. The van der Waals surface area contributed by atoms with Gasteiger partial charge in [0, 0.05) is 0 Å². The fourth-order valence-electron chi connectivity index (χ4n) is 1.73. The van der Waals surface area contributed by atoms with Gasteiger partial charge in [0.1, 0.15) is 0 Å². The van der Waals surface area contributed by atoms with E-state index in [0.717, 1.165) is 12.1 Å². The number of rotatable bonds is 3. The van der Waals surface area contributed by atoms with Crippen LogP contribution in [0.25, 0.3) is 0 Å². The van der Waals surface area contributed by atoms with Crippen molar-refractivity contribution < 1.29 is 22.7 Å². The van der Waals surface area contributed by atoms with E-state index in [0.29, 0.717) is 11.1 Å². The predicted molar refractivity (Wildman–Crippen MR) is 61.2 cm³/mol. The van der Waals surface area contributed by atoms with Crippen LogP contribution in [-0.4, -0.2) is 12.6 Å². The molecule has 0 aliphatic carbocycles. The lowest BCUT2D eigenvalue weighted by Gasteiger charge is -2.15. The first kappa shape index (κ1) is 14.5. The molecule has 1 atom stereocenters. The molecule has 18 heavy (non-hydrogen) atoms. The second-order valence-electron chi connectivity index (χ2n) is 4.04. The summed E-state index contributed by atoms with van der Waals surface area (Å²) in [5.41, 5.74) is 0.284. The summed E-state index contributed by atoms with van der Waals surface area (Å²) in [5.74, 6) is -0.993. The smallest absolute Gasteiger partial charge is 0.416 e. The lowest BCUT2D eigenvalue weighted by Crippen LogP contribution is -2.15. The number of hydrogen-bond donors (Lipinski definition) is 0. The summed E-state index contributed by atoms with van der Waals surface area (Å²) < 4.78 is 42.3. The molecule has 100 valence electrons. The molecule has 2 nitrogen and oxygen atoms in total. The molecule has 0 fully saturated rings. The minimum absolute atomic E-state index is 0.253. The van der Waals surface area contributed by atoms with E-state index < -0.39 is 23.6 Å². The second-order valence-corrected chi connectivity index (χ2v) is 4.04. The standard InChI is InChI=1S/C13H15F3O2/c1-4-18-12(17)9(3)11-6-5-10(7-8(11)2)13(14,15)16/h5-7,9H,4H2,1-3H3. The van der Waals surface area contributed by atoms with Crippen molar-refractivity contribution in [3.63, 3.8) is 0 Å². The second kappa shape index (κ2) is 5.42. The molecule has 0 aliphatic heterocycles. The first-order valence-corrected chi connectivity index (χ1v) is 5.61. The van der Waals surface area contributed by atoms with Crippen molar-refractivity contribution in [3.05, 3.63) is 34.9 Å². The highest BCUT2D eigenvalue weighted by molar-refractivity contribution is 5.78. The molecule has 0 radical (unpaired) electrons. The highest BCUT2D eigenvalue weighted by Crippen LogP contribution is 2.32. The first-order chi connectivity index (χ1) is 8.27. The van der Waals surface area contributed by atoms with Crippen LogP contribution in [0, 0.1) is 6.92 Å². The molecular weight excluding hydrogens is 245 g/mol. The van der Waals surface area contributed by atoms with Gasteiger partial charge in [0.25, 0.3) is 0 Å². The van der Waals surface area contributed by atoms with E-state index in [2.05, 4.69) is 0 Å². The maximum absolute atomic E-state index is 12.5. The van der Waals surface area contributed by atoms with E-state index in [-0.39, 0.29) is 6.61 Å². The van der Waals surface area contributed by atoms with Crippen molar-refractivity contribution in [3.8, 4) is 0 Å². The average molecular weight is 260 g/mol. The van der Waals surface area contributed by atoms with E-state index in [1.54, 1.807) is 20.8 Å². The van der Waals surface area contributed by atoms with Gasteiger partial charge in [-0.05, 0) is 44.0 Å². The summed E-state index contributed by atoms with van der Waals surface area (Å²) in [7, 11) is 0. The third-order valence-corrected chi connectivity index (χ3v) is 2.70. The van der Waals surface area contributed by atoms with Gasteiger partial charge in [-0.25, -0.2) is 0 Å². The maximum Gasteiger partial charge on any atom is 0.416 e. The molecule has 0 heterocycles. The van der Waals surface area contributed by atoms with Gasteiger partial charge in [0.2, 0.25) is 0 Å². The number of alkyl halides is 3. The van der Waals surface area contributed by atoms with Gasteiger partial charge in [-0.3, -0.25) is 4.79 Å². The summed E-state index contributed by atoms with van der Waals surface area (Å²) in [6.45, 7) is 5.11.